The zero-order valence-electron chi connectivity index (χ0n) is 23.7. The van der Waals surface area contributed by atoms with E-state index in [1.807, 2.05) is 44.4 Å². The number of hydrogen-bond donors (Lipinski definition) is 2. The summed E-state index contributed by atoms with van der Waals surface area (Å²) in [5, 5.41) is 12.6. The molecule has 1 saturated carbocycles. The third-order valence-corrected chi connectivity index (χ3v) is 8.18. The molecule has 1 aliphatic rings. The molecule has 0 aliphatic heterocycles. The molecule has 2 aromatic carbocycles. The van der Waals surface area contributed by atoms with Gasteiger partial charge in [0.2, 0.25) is 5.91 Å². The van der Waals surface area contributed by atoms with Crippen molar-refractivity contribution in [3.8, 4) is 11.1 Å². The molecule has 1 aliphatic carbocycles. The van der Waals surface area contributed by atoms with Gasteiger partial charge in [-0.15, -0.1) is 0 Å². The molecule has 1 amide bonds. The Hall–Kier alpha value is -3.47. The summed E-state index contributed by atoms with van der Waals surface area (Å²) in [7, 11) is 0. The van der Waals surface area contributed by atoms with E-state index < -0.39 is 5.97 Å². The fraction of sp³-hybridized carbons (Fsp3) is 0.441. The molecular weight excluding hydrogens is 484 g/mol. The molecule has 1 fully saturated rings. The fourth-order valence-electron chi connectivity index (χ4n) is 6.17. The van der Waals surface area contributed by atoms with E-state index in [4.69, 9.17) is 0 Å². The molecule has 2 atom stereocenters. The van der Waals surface area contributed by atoms with Crippen molar-refractivity contribution in [1.29, 1.82) is 0 Å². The van der Waals surface area contributed by atoms with Crippen molar-refractivity contribution in [2.24, 2.45) is 11.8 Å². The van der Waals surface area contributed by atoms with Gasteiger partial charge >= 0.3 is 5.97 Å². The number of nitrogens with zero attached hydrogens (tertiary/aromatic N) is 1. The molecule has 39 heavy (non-hydrogen) atoms. The van der Waals surface area contributed by atoms with E-state index in [1.165, 1.54) is 5.56 Å². The summed E-state index contributed by atoms with van der Waals surface area (Å²) in [6.45, 7) is 8.42. The Balaban J connectivity index is 1.59. The molecule has 2 N–H and O–H groups in total. The number of carboxylic acid groups (broad SMARTS) is 1. The van der Waals surface area contributed by atoms with Gasteiger partial charge in [-0.2, -0.15) is 0 Å². The molecule has 0 bridgehead atoms. The van der Waals surface area contributed by atoms with Crippen LogP contribution in [0, 0.1) is 18.8 Å². The summed E-state index contributed by atoms with van der Waals surface area (Å²) in [5.41, 5.74) is 7.20. The number of aromatic nitrogens is 1. The van der Waals surface area contributed by atoms with Crippen LogP contribution in [0.15, 0.2) is 60.9 Å². The second kappa shape index (κ2) is 13.1. The standard InChI is InChI=1S/C34H42N2O3/c1-5-25(19-32(37)38)30-11-8-12-31(23(30)4)36-34(39)33(27-9-6-7-10-27)28-15-13-26(14-16-28)29-18-24(17-22(2)3)20-35-21-29/h8,11-16,18,20-22,25,27,33H,5-7,9-10,17,19H2,1-4H3,(H,36,39)(H,37,38)/t25-,33?/m0/s1. The number of hydrogen-bond acceptors (Lipinski definition) is 3. The van der Waals surface area contributed by atoms with Gasteiger partial charge in [-0.25, -0.2) is 0 Å². The number of nitrogens with one attached hydrogen (secondary N) is 1. The molecule has 0 saturated heterocycles. The molecule has 0 spiro atoms. The van der Waals surface area contributed by atoms with Crippen LogP contribution in [0.4, 0.5) is 5.69 Å². The molecule has 3 aromatic rings. The molecule has 1 heterocycles. The summed E-state index contributed by atoms with van der Waals surface area (Å²) in [6.07, 6.45) is 10.1. The number of rotatable bonds is 11. The van der Waals surface area contributed by atoms with E-state index in [1.54, 1.807) is 0 Å². The number of pyridine rings is 1. The third-order valence-electron chi connectivity index (χ3n) is 8.18. The Morgan fingerprint density at radius 3 is 2.38 bits per heavy atom. The van der Waals surface area contributed by atoms with Crippen LogP contribution in [0.25, 0.3) is 11.1 Å². The van der Waals surface area contributed by atoms with Crippen LogP contribution in [0.1, 0.15) is 93.4 Å². The maximum atomic E-state index is 13.9. The van der Waals surface area contributed by atoms with E-state index >= 15 is 0 Å². The lowest BCUT2D eigenvalue weighted by atomic mass is 9.83. The highest BCUT2D eigenvalue weighted by Gasteiger charge is 2.32. The molecule has 4 rings (SSSR count). The fourth-order valence-corrected chi connectivity index (χ4v) is 6.17. The number of anilines is 1. The van der Waals surface area contributed by atoms with E-state index in [-0.39, 0.29) is 24.2 Å². The van der Waals surface area contributed by atoms with Crippen molar-refractivity contribution in [1.82, 2.24) is 4.98 Å². The highest BCUT2D eigenvalue weighted by atomic mass is 16.4. The lowest BCUT2D eigenvalue weighted by molar-refractivity contribution is -0.137. The van der Waals surface area contributed by atoms with E-state index in [9.17, 15) is 14.7 Å². The summed E-state index contributed by atoms with van der Waals surface area (Å²) in [6, 6.07) is 16.5. The predicted octanol–water partition coefficient (Wildman–Crippen LogP) is 8.14. The van der Waals surface area contributed by atoms with E-state index in [0.29, 0.717) is 11.8 Å². The predicted molar refractivity (Wildman–Crippen MR) is 158 cm³/mol. The van der Waals surface area contributed by atoms with Crippen LogP contribution in [0.2, 0.25) is 0 Å². The van der Waals surface area contributed by atoms with Crippen molar-refractivity contribution in [2.75, 3.05) is 5.32 Å². The molecular formula is C34H42N2O3. The molecule has 206 valence electrons. The lowest BCUT2D eigenvalue weighted by Gasteiger charge is -2.25. The number of carbonyl (C=O) groups is 2. The third kappa shape index (κ3) is 7.14. The van der Waals surface area contributed by atoms with Crippen LogP contribution in [0.5, 0.6) is 0 Å². The first-order valence-corrected chi connectivity index (χ1v) is 14.4. The zero-order chi connectivity index (χ0) is 27.9. The van der Waals surface area contributed by atoms with Crippen LogP contribution in [-0.2, 0) is 16.0 Å². The average molecular weight is 527 g/mol. The first kappa shape index (κ1) is 28.5. The van der Waals surface area contributed by atoms with Gasteiger partial charge in [-0.1, -0.05) is 70.0 Å². The number of carbonyl (C=O) groups excluding carboxylic acids is 1. The Labute approximate surface area is 233 Å². The van der Waals surface area contributed by atoms with Crippen molar-refractivity contribution in [3.05, 3.63) is 83.2 Å². The van der Waals surface area contributed by atoms with Gasteiger partial charge in [0.25, 0.3) is 0 Å². The van der Waals surface area contributed by atoms with E-state index in [0.717, 1.165) is 72.0 Å². The van der Waals surface area contributed by atoms with Gasteiger partial charge in [0, 0.05) is 23.6 Å². The van der Waals surface area contributed by atoms with Gasteiger partial charge in [0.15, 0.2) is 0 Å². The number of carboxylic acids is 1. The molecule has 0 radical (unpaired) electrons. The van der Waals surface area contributed by atoms with Crippen molar-refractivity contribution < 1.29 is 14.7 Å². The molecule has 5 nitrogen and oxygen atoms in total. The Bertz CT molecular complexity index is 1280. The second-order valence-corrected chi connectivity index (χ2v) is 11.5. The van der Waals surface area contributed by atoms with Gasteiger partial charge in [0.05, 0.1) is 12.3 Å². The topological polar surface area (TPSA) is 79.3 Å². The zero-order valence-corrected chi connectivity index (χ0v) is 23.7. The monoisotopic (exact) mass is 526 g/mol. The summed E-state index contributed by atoms with van der Waals surface area (Å²) in [5.74, 6) is -0.207. The second-order valence-electron chi connectivity index (χ2n) is 11.5. The minimum Gasteiger partial charge on any atom is -0.481 e. The molecule has 1 aromatic heterocycles. The largest absolute Gasteiger partial charge is 0.481 e. The molecule has 5 heteroatoms. The maximum Gasteiger partial charge on any atom is 0.303 e. The highest BCUT2D eigenvalue weighted by molar-refractivity contribution is 5.97. The molecule has 1 unspecified atom stereocenters. The summed E-state index contributed by atoms with van der Waals surface area (Å²) >= 11 is 0. The number of benzene rings is 2. The van der Waals surface area contributed by atoms with Crippen molar-refractivity contribution in [2.45, 2.75) is 84.5 Å². The Kier molecular flexibility index (Phi) is 9.55. The first-order chi connectivity index (χ1) is 18.8. The van der Waals surface area contributed by atoms with Gasteiger partial charge in [0.1, 0.15) is 0 Å². The van der Waals surface area contributed by atoms with Gasteiger partial charge in [-0.3, -0.25) is 14.6 Å². The smallest absolute Gasteiger partial charge is 0.303 e. The SMILES string of the molecule is CC[C@@H](CC(=O)O)c1cccc(NC(=O)C(c2ccc(-c3cncc(CC(C)C)c3)cc2)C2CCCC2)c1C. The minimum atomic E-state index is -0.803. The van der Waals surface area contributed by atoms with Crippen LogP contribution >= 0.6 is 0 Å². The Morgan fingerprint density at radius 1 is 1.03 bits per heavy atom. The van der Waals surface area contributed by atoms with Crippen molar-refractivity contribution >= 4 is 17.6 Å². The summed E-state index contributed by atoms with van der Waals surface area (Å²) < 4.78 is 0. The first-order valence-electron chi connectivity index (χ1n) is 14.4. The normalized spacial score (nSPS) is 15.3. The van der Waals surface area contributed by atoms with Gasteiger partial charge in [-0.05, 0) is 90.3 Å². The summed E-state index contributed by atoms with van der Waals surface area (Å²) in [4.78, 5) is 29.7. The van der Waals surface area contributed by atoms with Crippen molar-refractivity contribution in [3.63, 3.8) is 0 Å². The van der Waals surface area contributed by atoms with Crippen LogP contribution < -0.4 is 5.32 Å². The minimum absolute atomic E-state index is 0.0155. The number of amides is 1. The van der Waals surface area contributed by atoms with Crippen LogP contribution in [-0.4, -0.2) is 22.0 Å². The van der Waals surface area contributed by atoms with E-state index in [2.05, 4.69) is 54.5 Å². The quantitative estimate of drug-likeness (QED) is 0.264. The highest BCUT2D eigenvalue weighted by Crippen LogP contribution is 2.39. The van der Waals surface area contributed by atoms with Gasteiger partial charge < -0.3 is 10.4 Å². The lowest BCUT2D eigenvalue weighted by Crippen LogP contribution is -2.27. The number of aliphatic carboxylic acids is 1. The average Bonchev–Trinajstić information content (AvgIpc) is 3.43. The van der Waals surface area contributed by atoms with Crippen LogP contribution in [0.3, 0.4) is 0 Å². The maximum absolute atomic E-state index is 13.9. The Morgan fingerprint density at radius 2 is 1.74 bits per heavy atom.